The van der Waals surface area contributed by atoms with Crippen LogP contribution >= 0.6 is 0 Å². The molecule has 27 heavy (non-hydrogen) atoms. The van der Waals surface area contributed by atoms with Crippen molar-refractivity contribution in [2.75, 3.05) is 0 Å². The van der Waals surface area contributed by atoms with Gasteiger partial charge in [0.1, 0.15) is 6.10 Å². The summed E-state index contributed by atoms with van der Waals surface area (Å²) in [5.41, 5.74) is 0. The largest absolute Gasteiger partial charge is 0.481 e. The van der Waals surface area contributed by atoms with E-state index in [4.69, 9.17) is 4.74 Å². The molecular weight excluding hydrogens is 340 g/mol. The molecule has 0 heterocycles. The van der Waals surface area contributed by atoms with E-state index in [9.17, 15) is 14.7 Å². The number of aliphatic carboxylic acids is 1. The summed E-state index contributed by atoms with van der Waals surface area (Å²) in [7, 11) is 0. The van der Waals surface area contributed by atoms with Crippen LogP contribution in [0.1, 0.15) is 111 Å². The third-order valence-electron chi connectivity index (χ3n) is 5.86. The Kier molecular flexibility index (Phi) is 12.4. The van der Waals surface area contributed by atoms with Crippen LogP contribution in [0.4, 0.5) is 0 Å². The first kappa shape index (κ1) is 24.0. The molecule has 158 valence electrons. The molecule has 0 radical (unpaired) electrons. The highest BCUT2D eigenvalue weighted by Gasteiger charge is 2.37. The van der Waals surface area contributed by atoms with Crippen LogP contribution < -0.4 is 0 Å². The topological polar surface area (TPSA) is 63.6 Å². The summed E-state index contributed by atoms with van der Waals surface area (Å²) < 4.78 is 5.88. The van der Waals surface area contributed by atoms with Crippen LogP contribution in [0.3, 0.4) is 0 Å². The predicted octanol–water partition coefficient (Wildman–Crippen LogP) is 6.37. The summed E-state index contributed by atoms with van der Waals surface area (Å²) in [6, 6.07) is 0. The van der Waals surface area contributed by atoms with Gasteiger partial charge in [0.05, 0.1) is 11.8 Å². The van der Waals surface area contributed by atoms with Crippen LogP contribution in [-0.2, 0) is 14.3 Å². The first-order valence-electron chi connectivity index (χ1n) is 11.4. The van der Waals surface area contributed by atoms with Crippen molar-refractivity contribution in [3.8, 4) is 0 Å². The fraction of sp³-hybridized carbons (Fsp3) is 0.913. The minimum Gasteiger partial charge on any atom is -0.481 e. The number of unbranched alkanes of at least 4 members (excludes halogenated alkanes) is 5. The second-order valence-corrected chi connectivity index (χ2v) is 8.78. The molecule has 0 aromatic carbocycles. The normalized spacial score (nSPS) is 21.2. The Labute approximate surface area is 166 Å². The first-order valence-corrected chi connectivity index (χ1v) is 11.4. The van der Waals surface area contributed by atoms with Crippen LogP contribution in [-0.4, -0.2) is 23.1 Å². The van der Waals surface area contributed by atoms with Crippen molar-refractivity contribution in [1.82, 2.24) is 0 Å². The summed E-state index contributed by atoms with van der Waals surface area (Å²) in [5, 5.41) is 9.43. The molecule has 0 spiro atoms. The maximum atomic E-state index is 12.7. The molecule has 1 aliphatic rings. The Morgan fingerprint density at radius 3 is 2.00 bits per heavy atom. The molecule has 4 nitrogen and oxygen atoms in total. The lowest BCUT2D eigenvalue weighted by Crippen LogP contribution is -2.35. The van der Waals surface area contributed by atoms with E-state index in [-0.39, 0.29) is 12.1 Å². The maximum absolute atomic E-state index is 12.7. The van der Waals surface area contributed by atoms with E-state index in [0.29, 0.717) is 12.8 Å². The number of hydrogen-bond donors (Lipinski definition) is 1. The molecule has 0 saturated heterocycles. The summed E-state index contributed by atoms with van der Waals surface area (Å²) in [6.45, 7) is 6.70. The highest BCUT2D eigenvalue weighted by atomic mass is 16.5. The minimum absolute atomic E-state index is 0.0372. The molecule has 0 aromatic heterocycles. The van der Waals surface area contributed by atoms with Crippen LogP contribution in [0.2, 0.25) is 0 Å². The first-order chi connectivity index (χ1) is 13.0. The number of carboxylic acids is 1. The molecule has 1 saturated carbocycles. The van der Waals surface area contributed by atoms with E-state index in [1.165, 1.54) is 38.5 Å². The number of rotatable bonds is 14. The number of ether oxygens (including phenoxy) is 1. The van der Waals surface area contributed by atoms with Crippen molar-refractivity contribution in [2.24, 2.45) is 17.8 Å². The summed E-state index contributed by atoms with van der Waals surface area (Å²) in [6.07, 6.45) is 14.3. The summed E-state index contributed by atoms with van der Waals surface area (Å²) >= 11 is 0. The van der Waals surface area contributed by atoms with E-state index in [1.807, 2.05) is 0 Å². The summed E-state index contributed by atoms with van der Waals surface area (Å²) in [5.74, 6) is -1.37. The molecule has 1 N–H and O–H groups in total. The van der Waals surface area contributed by atoms with Crippen molar-refractivity contribution in [3.63, 3.8) is 0 Å². The number of carbonyl (C=O) groups excluding carboxylic acids is 1. The van der Waals surface area contributed by atoms with Gasteiger partial charge in [-0.1, -0.05) is 72.1 Å². The van der Waals surface area contributed by atoms with Crippen LogP contribution in [0.15, 0.2) is 0 Å². The molecule has 0 aliphatic heterocycles. The monoisotopic (exact) mass is 382 g/mol. The molecule has 1 rings (SSSR count). The smallest absolute Gasteiger partial charge is 0.310 e. The Bertz CT molecular complexity index is 419. The van der Waals surface area contributed by atoms with Crippen LogP contribution in [0.25, 0.3) is 0 Å². The van der Waals surface area contributed by atoms with Gasteiger partial charge in [-0.25, -0.2) is 0 Å². The number of carboxylic acid groups (broad SMARTS) is 1. The van der Waals surface area contributed by atoms with Gasteiger partial charge < -0.3 is 9.84 Å². The molecule has 0 bridgehead atoms. The molecular formula is C23H42O4. The average Bonchev–Trinajstić information content (AvgIpc) is 2.64. The zero-order valence-corrected chi connectivity index (χ0v) is 17.9. The van der Waals surface area contributed by atoms with Crippen LogP contribution in [0, 0.1) is 17.8 Å². The van der Waals surface area contributed by atoms with Crippen molar-refractivity contribution < 1.29 is 19.4 Å². The van der Waals surface area contributed by atoms with Gasteiger partial charge in [0, 0.05) is 0 Å². The van der Waals surface area contributed by atoms with E-state index in [2.05, 4.69) is 20.8 Å². The average molecular weight is 383 g/mol. The highest BCUT2D eigenvalue weighted by Crippen LogP contribution is 2.32. The maximum Gasteiger partial charge on any atom is 0.310 e. The van der Waals surface area contributed by atoms with Gasteiger partial charge in [-0.05, 0) is 44.4 Å². The van der Waals surface area contributed by atoms with E-state index >= 15 is 0 Å². The Morgan fingerprint density at radius 2 is 1.44 bits per heavy atom. The standard InChI is InChI=1S/C23H42O4/c1-4-5-6-9-14-19(15-10-7-8-13-18(2)3)27-23(26)21-17-12-11-16-20(21)22(24)25/h18-21H,4-17H2,1-3H3,(H,24,25). The molecule has 4 heteroatoms. The van der Waals surface area contributed by atoms with Crippen molar-refractivity contribution in [1.29, 1.82) is 0 Å². The Hall–Kier alpha value is -1.06. The second kappa shape index (κ2) is 14.0. The Morgan fingerprint density at radius 1 is 0.889 bits per heavy atom. The van der Waals surface area contributed by atoms with Gasteiger partial charge in [0.15, 0.2) is 0 Å². The van der Waals surface area contributed by atoms with E-state index < -0.39 is 17.8 Å². The lowest BCUT2D eigenvalue weighted by Gasteiger charge is -2.29. The zero-order valence-electron chi connectivity index (χ0n) is 17.9. The zero-order chi connectivity index (χ0) is 20.1. The van der Waals surface area contributed by atoms with Gasteiger partial charge in [0.2, 0.25) is 0 Å². The molecule has 3 unspecified atom stereocenters. The van der Waals surface area contributed by atoms with Crippen molar-refractivity contribution >= 4 is 11.9 Å². The minimum atomic E-state index is -0.843. The SMILES string of the molecule is CCCCCCC(CCCCCC(C)C)OC(=O)C1CCCCC1C(=O)O. The van der Waals surface area contributed by atoms with Crippen LogP contribution in [0.5, 0.6) is 0 Å². The number of hydrogen-bond acceptors (Lipinski definition) is 3. The predicted molar refractivity (Wildman–Crippen MR) is 110 cm³/mol. The fourth-order valence-corrected chi connectivity index (χ4v) is 4.12. The lowest BCUT2D eigenvalue weighted by atomic mass is 9.79. The van der Waals surface area contributed by atoms with Crippen molar-refractivity contribution in [2.45, 2.75) is 117 Å². The molecule has 1 aliphatic carbocycles. The van der Waals surface area contributed by atoms with Gasteiger partial charge >= 0.3 is 11.9 Å². The highest BCUT2D eigenvalue weighted by molar-refractivity contribution is 5.81. The third-order valence-corrected chi connectivity index (χ3v) is 5.86. The Balaban J connectivity index is 2.51. The number of carbonyl (C=O) groups is 2. The van der Waals surface area contributed by atoms with E-state index in [1.54, 1.807) is 0 Å². The van der Waals surface area contributed by atoms with Gasteiger partial charge in [-0.3, -0.25) is 9.59 Å². The molecule has 3 atom stereocenters. The third kappa shape index (κ3) is 10.2. The van der Waals surface area contributed by atoms with Gasteiger partial charge in [-0.2, -0.15) is 0 Å². The van der Waals surface area contributed by atoms with E-state index in [0.717, 1.165) is 44.4 Å². The van der Waals surface area contributed by atoms with Crippen molar-refractivity contribution in [3.05, 3.63) is 0 Å². The quantitative estimate of drug-likeness (QED) is 0.280. The fourth-order valence-electron chi connectivity index (χ4n) is 4.12. The number of esters is 1. The second-order valence-electron chi connectivity index (χ2n) is 8.78. The lowest BCUT2D eigenvalue weighted by molar-refractivity contribution is -0.164. The summed E-state index contributed by atoms with van der Waals surface area (Å²) in [4.78, 5) is 24.2. The van der Waals surface area contributed by atoms with Gasteiger partial charge in [0.25, 0.3) is 0 Å². The van der Waals surface area contributed by atoms with Gasteiger partial charge in [-0.15, -0.1) is 0 Å². The molecule has 1 fully saturated rings. The molecule has 0 amide bonds. The molecule has 0 aromatic rings.